The van der Waals surface area contributed by atoms with E-state index in [1.54, 1.807) is 17.4 Å². The summed E-state index contributed by atoms with van der Waals surface area (Å²) in [5, 5.41) is 2.07. The van der Waals surface area contributed by atoms with Crippen LogP contribution in [0.15, 0.2) is 23.6 Å². The number of aryl methyl sites for hydroxylation is 1. The van der Waals surface area contributed by atoms with Crippen LogP contribution in [0.2, 0.25) is 0 Å². The minimum absolute atomic E-state index is 0.472. The molecule has 0 fully saturated rings. The molecule has 2 rings (SSSR count). The second-order valence-corrected chi connectivity index (χ2v) is 5.01. The molecule has 96 valence electrons. The van der Waals surface area contributed by atoms with Crippen LogP contribution in [-0.4, -0.2) is 16.6 Å². The maximum atomic E-state index is 5.73. The summed E-state index contributed by atoms with van der Waals surface area (Å²) >= 11 is 1.74. The molecule has 0 aliphatic carbocycles. The van der Waals surface area contributed by atoms with Crippen molar-refractivity contribution in [1.29, 1.82) is 0 Å². The third-order valence-electron chi connectivity index (χ3n) is 2.42. The molecule has 5 heteroatoms. The van der Waals surface area contributed by atoms with Gasteiger partial charge in [0.05, 0.1) is 6.61 Å². The highest BCUT2D eigenvalue weighted by atomic mass is 32.1. The zero-order valence-electron chi connectivity index (χ0n) is 10.4. The van der Waals surface area contributed by atoms with Gasteiger partial charge in [0.25, 0.3) is 0 Å². The van der Waals surface area contributed by atoms with Crippen molar-refractivity contribution >= 4 is 17.2 Å². The molecule has 18 heavy (non-hydrogen) atoms. The van der Waals surface area contributed by atoms with E-state index in [0.29, 0.717) is 18.3 Å². The highest BCUT2D eigenvalue weighted by Crippen LogP contribution is 2.14. The topological polar surface area (TPSA) is 61.0 Å². The fourth-order valence-electron chi connectivity index (χ4n) is 1.61. The number of thiophene rings is 1. The molecule has 4 nitrogen and oxygen atoms in total. The minimum Gasteiger partial charge on any atom is -0.477 e. The van der Waals surface area contributed by atoms with Gasteiger partial charge in [0.2, 0.25) is 5.88 Å². The number of hydrogen-bond donors (Lipinski definition) is 1. The first-order valence-electron chi connectivity index (χ1n) is 6.06. The molecule has 2 aromatic rings. The average Bonchev–Trinajstić information content (AvgIpc) is 2.82. The second-order valence-electron chi connectivity index (χ2n) is 3.98. The Morgan fingerprint density at radius 1 is 1.33 bits per heavy atom. The predicted octanol–water partition coefficient (Wildman–Crippen LogP) is 2.69. The largest absolute Gasteiger partial charge is 0.477 e. The minimum atomic E-state index is 0.472. The summed E-state index contributed by atoms with van der Waals surface area (Å²) in [6.45, 7) is 2.70. The van der Waals surface area contributed by atoms with Crippen LogP contribution in [0.1, 0.15) is 24.0 Å². The molecule has 2 N–H and O–H groups in total. The smallest absolute Gasteiger partial charge is 0.218 e. The van der Waals surface area contributed by atoms with Gasteiger partial charge in [-0.15, -0.1) is 11.3 Å². The van der Waals surface area contributed by atoms with Gasteiger partial charge in [-0.2, -0.15) is 4.98 Å². The summed E-state index contributed by atoms with van der Waals surface area (Å²) in [5.41, 5.74) is 5.73. The summed E-state index contributed by atoms with van der Waals surface area (Å²) in [4.78, 5) is 9.81. The molecule has 0 aromatic carbocycles. The van der Waals surface area contributed by atoms with Crippen LogP contribution in [0.3, 0.4) is 0 Å². The van der Waals surface area contributed by atoms with Gasteiger partial charge in [-0.25, -0.2) is 4.98 Å². The molecule has 0 radical (unpaired) electrons. The number of nitrogens with zero attached hydrogens (tertiary/aromatic N) is 2. The highest BCUT2D eigenvalue weighted by molar-refractivity contribution is 7.09. The number of anilines is 1. The summed E-state index contributed by atoms with van der Waals surface area (Å²) < 4.78 is 5.62. The lowest BCUT2D eigenvalue weighted by molar-refractivity contribution is 0.309. The summed E-state index contributed by atoms with van der Waals surface area (Å²) in [7, 11) is 0. The molecule has 0 saturated carbocycles. The Labute approximate surface area is 111 Å². The van der Waals surface area contributed by atoms with Crippen molar-refractivity contribution in [3.05, 3.63) is 34.3 Å². The number of nitrogens with two attached hydrogens (primary N) is 1. The molecule has 0 spiro atoms. The Hall–Kier alpha value is -1.62. The van der Waals surface area contributed by atoms with E-state index in [-0.39, 0.29) is 0 Å². The molecule has 0 saturated heterocycles. The van der Waals surface area contributed by atoms with Crippen LogP contribution in [0.25, 0.3) is 0 Å². The van der Waals surface area contributed by atoms with Crippen LogP contribution in [0, 0.1) is 0 Å². The quantitative estimate of drug-likeness (QED) is 0.870. The highest BCUT2D eigenvalue weighted by Gasteiger charge is 2.03. The van der Waals surface area contributed by atoms with E-state index >= 15 is 0 Å². The summed E-state index contributed by atoms with van der Waals surface area (Å²) in [5.74, 6) is 1.80. The predicted molar refractivity (Wildman–Crippen MR) is 74.0 cm³/mol. The fraction of sp³-hybridized carbons (Fsp3) is 0.385. The van der Waals surface area contributed by atoms with Crippen LogP contribution >= 0.6 is 11.3 Å². The van der Waals surface area contributed by atoms with Crippen molar-refractivity contribution in [2.45, 2.75) is 26.2 Å². The van der Waals surface area contributed by atoms with Crippen molar-refractivity contribution < 1.29 is 4.74 Å². The Morgan fingerprint density at radius 3 is 2.94 bits per heavy atom. The zero-order chi connectivity index (χ0) is 12.8. The third kappa shape index (κ3) is 3.70. The molecule has 0 aliphatic rings. The molecule has 0 unspecified atom stereocenters. The van der Waals surface area contributed by atoms with Gasteiger partial charge in [0, 0.05) is 23.8 Å². The number of ether oxygens (including phenoxy) is 1. The average molecular weight is 263 g/mol. The molecule has 2 heterocycles. The normalized spacial score (nSPS) is 10.5. The Morgan fingerprint density at radius 2 is 2.22 bits per heavy atom. The van der Waals surface area contributed by atoms with Crippen LogP contribution in [0.4, 0.5) is 5.82 Å². The second kappa shape index (κ2) is 6.35. The third-order valence-corrected chi connectivity index (χ3v) is 3.36. The lowest BCUT2D eigenvalue weighted by Crippen LogP contribution is -2.06. The Balaban J connectivity index is 1.92. The van der Waals surface area contributed by atoms with Gasteiger partial charge in [0.15, 0.2) is 0 Å². The Bertz CT molecular complexity index is 485. The van der Waals surface area contributed by atoms with E-state index in [1.807, 2.05) is 6.07 Å². The fourth-order valence-corrected chi connectivity index (χ4v) is 2.30. The van der Waals surface area contributed by atoms with Crippen molar-refractivity contribution in [2.24, 2.45) is 0 Å². The van der Waals surface area contributed by atoms with Crippen molar-refractivity contribution in [3.63, 3.8) is 0 Å². The van der Waals surface area contributed by atoms with Gasteiger partial charge < -0.3 is 10.5 Å². The number of nitrogen functional groups attached to an aromatic ring is 1. The summed E-state index contributed by atoms with van der Waals surface area (Å²) in [6, 6.07) is 5.82. The molecule has 0 atom stereocenters. The van der Waals surface area contributed by atoms with Gasteiger partial charge in [-0.05, 0) is 17.9 Å². The number of hydrogen-bond acceptors (Lipinski definition) is 5. The van der Waals surface area contributed by atoms with E-state index in [9.17, 15) is 0 Å². The molecule has 0 bridgehead atoms. The monoisotopic (exact) mass is 263 g/mol. The van der Waals surface area contributed by atoms with Gasteiger partial charge in [-0.3, -0.25) is 0 Å². The van der Waals surface area contributed by atoms with Crippen molar-refractivity contribution in [1.82, 2.24) is 9.97 Å². The first kappa shape index (κ1) is 12.8. The van der Waals surface area contributed by atoms with E-state index in [2.05, 4.69) is 28.3 Å². The van der Waals surface area contributed by atoms with Gasteiger partial charge in [-0.1, -0.05) is 13.0 Å². The number of aromatic nitrogens is 2. The maximum absolute atomic E-state index is 5.73. The maximum Gasteiger partial charge on any atom is 0.218 e. The van der Waals surface area contributed by atoms with Crippen molar-refractivity contribution in [2.75, 3.05) is 12.3 Å². The van der Waals surface area contributed by atoms with Gasteiger partial charge in [0.1, 0.15) is 11.6 Å². The SMILES string of the molecule is CCCc1nc(N)cc(OCCc2cccs2)n1. The van der Waals surface area contributed by atoms with Crippen LogP contribution in [0.5, 0.6) is 5.88 Å². The first-order valence-corrected chi connectivity index (χ1v) is 6.94. The van der Waals surface area contributed by atoms with E-state index in [1.165, 1.54) is 4.88 Å². The van der Waals surface area contributed by atoms with E-state index < -0.39 is 0 Å². The van der Waals surface area contributed by atoms with Crippen molar-refractivity contribution in [3.8, 4) is 5.88 Å². The molecular weight excluding hydrogens is 246 g/mol. The van der Waals surface area contributed by atoms with E-state index in [0.717, 1.165) is 25.1 Å². The standard InChI is InChI=1S/C13H17N3OS/c1-2-4-12-15-11(14)9-13(16-12)17-7-6-10-5-3-8-18-10/h3,5,8-9H,2,4,6-7H2,1H3,(H2,14,15,16). The van der Waals surface area contributed by atoms with Crippen LogP contribution in [-0.2, 0) is 12.8 Å². The lowest BCUT2D eigenvalue weighted by atomic mass is 10.3. The lowest BCUT2D eigenvalue weighted by Gasteiger charge is -2.06. The summed E-state index contributed by atoms with van der Waals surface area (Å²) in [6.07, 6.45) is 2.72. The molecule has 0 amide bonds. The number of rotatable bonds is 6. The molecule has 2 aromatic heterocycles. The van der Waals surface area contributed by atoms with E-state index in [4.69, 9.17) is 10.5 Å². The molecule has 0 aliphatic heterocycles. The zero-order valence-corrected chi connectivity index (χ0v) is 11.2. The first-order chi connectivity index (χ1) is 8.78. The molecular formula is C13H17N3OS. The van der Waals surface area contributed by atoms with Gasteiger partial charge >= 0.3 is 0 Å². The Kier molecular flexibility index (Phi) is 4.52. The van der Waals surface area contributed by atoms with Crippen LogP contribution < -0.4 is 10.5 Å².